The maximum absolute atomic E-state index is 12.3. The van der Waals surface area contributed by atoms with Crippen LogP contribution >= 0.6 is 27.3 Å². The molecule has 6 heteroatoms. The van der Waals surface area contributed by atoms with Crippen LogP contribution in [0.1, 0.15) is 17.3 Å². The van der Waals surface area contributed by atoms with Gasteiger partial charge < -0.3 is 4.74 Å². The third kappa shape index (κ3) is 4.01. The number of nitrogens with one attached hydrogen (secondary N) is 1. The first-order valence-electron chi connectivity index (χ1n) is 7.41. The molecule has 0 radical (unpaired) electrons. The van der Waals surface area contributed by atoms with Crippen molar-refractivity contribution in [1.82, 2.24) is 4.98 Å². The van der Waals surface area contributed by atoms with Gasteiger partial charge in [0.2, 0.25) is 0 Å². The molecule has 4 nitrogen and oxygen atoms in total. The van der Waals surface area contributed by atoms with Crippen molar-refractivity contribution in [2.24, 2.45) is 0 Å². The molecule has 2 aromatic carbocycles. The van der Waals surface area contributed by atoms with Crippen molar-refractivity contribution < 1.29 is 9.53 Å². The van der Waals surface area contributed by atoms with E-state index < -0.39 is 0 Å². The van der Waals surface area contributed by atoms with Gasteiger partial charge in [0.05, 0.1) is 12.3 Å². The molecule has 0 unspecified atom stereocenters. The monoisotopic (exact) mass is 402 g/mol. The van der Waals surface area contributed by atoms with Crippen LogP contribution in [0.5, 0.6) is 5.75 Å². The van der Waals surface area contributed by atoms with E-state index >= 15 is 0 Å². The zero-order valence-corrected chi connectivity index (χ0v) is 15.4. The first-order chi connectivity index (χ1) is 11.7. The molecule has 1 N–H and O–H groups in total. The van der Waals surface area contributed by atoms with Crippen LogP contribution in [0.2, 0.25) is 0 Å². The fraction of sp³-hybridized carbons (Fsp3) is 0.111. The fourth-order valence-electron chi connectivity index (χ4n) is 2.12. The molecule has 0 aliphatic heterocycles. The summed E-state index contributed by atoms with van der Waals surface area (Å²) >= 11 is 4.82. The molecule has 0 bridgehead atoms. The third-order valence-corrected chi connectivity index (χ3v) is 4.58. The molecule has 1 amide bonds. The van der Waals surface area contributed by atoms with E-state index in [1.807, 2.05) is 36.6 Å². The maximum Gasteiger partial charge on any atom is 0.257 e. The van der Waals surface area contributed by atoms with Gasteiger partial charge in [-0.1, -0.05) is 28.1 Å². The standard InChI is InChI=1S/C18H15BrN2O2S/c1-2-23-15-9-5-13(6-10-15)17(22)21-18-20-16(11-24-18)12-3-7-14(19)8-4-12/h3-11H,2H2,1H3,(H,20,21,22). The summed E-state index contributed by atoms with van der Waals surface area (Å²) in [6.07, 6.45) is 0. The van der Waals surface area contributed by atoms with E-state index in [0.29, 0.717) is 17.3 Å². The van der Waals surface area contributed by atoms with E-state index in [-0.39, 0.29) is 5.91 Å². The Hall–Kier alpha value is -2.18. The normalized spacial score (nSPS) is 10.4. The largest absolute Gasteiger partial charge is 0.494 e. The molecule has 0 atom stereocenters. The number of hydrogen-bond donors (Lipinski definition) is 1. The molecule has 0 fully saturated rings. The van der Waals surface area contributed by atoms with Crippen LogP contribution in [0.3, 0.4) is 0 Å². The molecule has 1 aromatic heterocycles. The van der Waals surface area contributed by atoms with Gasteiger partial charge in [0.25, 0.3) is 5.91 Å². The van der Waals surface area contributed by atoms with Gasteiger partial charge in [-0.3, -0.25) is 10.1 Å². The molecule has 3 rings (SSSR count). The number of aromatic nitrogens is 1. The molecule has 0 saturated carbocycles. The molecular formula is C18H15BrN2O2S. The van der Waals surface area contributed by atoms with E-state index in [1.165, 1.54) is 11.3 Å². The molecule has 0 saturated heterocycles. The Labute approximate surface area is 152 Å². The summed E-state index contributed by atoms with van der Waals surface area (Å²) in [5.41, 5.74) is 2.42. The van der Waals surface area contributed by atoms with E-state index in [4.69, 9.17) is 4.74 Å². The molecule has 122 valence electrons. The first-order valence-corrected chi connectivity index (χ1v) is 9.08. The van der Waals surface area contributed by atoms with Crippen LogP contribution in [-0.2, 0) is 0 Å². The van der Waals surface area contributed by atoms with Gasteiger partial charge in [-0.25, -0.2) is 4.98 Å². The molecular weight excluding hydrogens is 388 g/mol. The van der Waals surface area contributed by atoms with Crippen LogP contribution in [0.25, 0.3) is 11.3 Å². The first kappa shape index (κ1) is 16.7. The van der Waals surface area contributed by atoms with Crippen molar-refractivity contribution in [2.45, 2.75) is 6.92 Å². The number of rotatable bonds is 5. The highest BCUT2D eigenvalue weighted by molar-refractivity contribution is 9.10. The number of halogens is 1. The molecule has 0 spiro atoms. The highest BCUT2D eigenvalue weighted by Gasteiger charge is 2.10. The van der Waals surface area contributed by atoms with Crippen LogP contribution < -0.4 is 10.1 Å². The maximum atomic E-state index is 12.3. The SMILES string of the molecule is CCOc1ccc(C(=O)Nc2nc(-c3ccc(Br)cc3)cs2)cc1. The number of benzene rings is 2. The van der Waals surface area contributed by atoms with Gasteiger partial charge in [0, 0.05) is 21.0 Å². The molecule has 1 heterocycles. The average molecular weight is 403 g/mol. The van der Waals surface area contributed by atoms with Gasteiger partial charge in [0.15, 0.2) is 5.13 Å². The summed E-state index contributed by atoms with van der Waals surface area (Å²) in [7, 11) is 0. The summed E-state index contributed by atoms with van der Waals surface area (Å²) in [5.74, 6) is 0.565. The number of anilines is 1. The summed E-state index contributed by atoms with van der Waals surface area (Å²) in [5, 5.41) is 5.33. The van der Waals surface area contributed by atoms with Crippen LogP contribution in [0.15, 0.2) is 58.4 Å². The van der Waals surface area contributed by atoms with Crippen LogP contribution in [0.4, 0.5) is 5.13 Å². The minimum absolute atomic E-state index is 0.185. The Morgan fingerprint density at radius 1 is 1.17 bits per heavy atom. The van der Waals surface area contributed by atoms with Crippen molar-refractivity contribution >= 4 is 38.3 Å². The zero-order chi connectivity index (χ0) is 16.9. The van der Waals surface area contributed by atoms with Crippen molar-refractivity contribution in [1.29, 1.82) is 0 Å². The molecule has 0 aliphatic carbocycles. The zero-order valence-electron chi connectivity index (χ0n) is 13.0. The van der Waals surface area contributed by atoms with E-state index in [9.17, 15) is 4.79 Å². The Balaban J connectivity index is 1.69. The van der Waals surface area contributed by atoms with E-state index in [1.54, 1.807) is 24.3 Å². The highest BCUT2D eigenvalue weighted by atomic mass is 79.9. The fourth-order valence-corrected chi connectivity index (χ4v) is 3.10. The Kier molecular flexibility index (Phi) is 5.27. The average Bonchev–Trinajstić information content (AvgIpc) is 3.05. The quantitative estimate of drug-likeness (QED) is 0.635. The lowest BCUT2D eigenvalue weighted by molar-refractivity contribution is 0.102. The Morgan fingerprint density at radius 3 is 2.54 bits per heavy atom. The summed E-state index contributed by atoms with van der Waals surface area (Å²) in [6, 6.07) is 14.9. The number of ether oxygens (including phenoxy) is 1. The molecule has 24 heavy (non-hydrogen) atoms. The van der Waals surface area contributed by atoms with Gasteiger partial charge in [-0.15, -0.1) is 11.3 Å². The molecule has 0 aliphatic rings. The van der Waals surface area contributed by atoms with Gasteiger partial charge in [-0.05, 0) is 43.3 Å². The number of hydrogen-bond acceptors (Lipinski definition) is 4. The van der Waals surface area contributed by atoms with Crippen molar-refractivity contribution in [3.63, 3.8) is 0 Å². The predicted octanol–water partition coefficient (Wildman–Crippen LogP) is 5.22. The van der Waals surface area contributed by atoms with Crippen molar-refractivity contribution in [3.8, 4) is 17.0 Å². The lowest BCUT2D eigenvalue weighted by Crippen LogP contribution is -2.11. The summed E-state index contributed by atoms with van der Waals surface area (Å²) in [4.78, 5) is 16.8. The molecule has 3 aromatic rings. The van der Waals surface area contributed by atoms with Crippen LogP contribution in [-0.4, -0.2) is 17.5 Å². The minimum Gasteiger partial charge on any atom is -0.494 e. The van der Waals surface area contributed by atoms with E-state index in [2.05, 4.69) is 26.2 Å². The number of thiazole rings is 1. The highest BCUT2D eigenvalue weighted by Crippen LogP contribution is 2.26. The third-order valence-electron chi connectivity index (χ3n) is 3.29. The van der Waals surface area contributed by atoms with Crippen LogP contribution in [0, 0.1) is 0 Å². The minimum atomic E-state index is -0.185. The Morgan fingerprint density at radius 2 is 1.88 bits per heavy atom. The number of carbonyl (C=O) groups excluding carboxylic acids is 1. The summed E-state index contributed by atoms with van der Waals surface area (Å²) < 4.78 is 6.39. The topological polar surface area (TPSA) is 51.2 Å². The second-order valence-corrected chi connectivity index (χ2v) is 6.73. The lowest BCUT2D eigenvalue weighted by atomic mass is 10.2. The van der Waals surface area contributed by atoms with Gasteiger partial charge in [-0.2, -0.15) is 0 Å². The number of carbonyl (C=O) groups is 1. The summed E-state index contributed by atoms with van der Waals surface area (Å²) in [6.45, 7) is 2.52. The van der Waals surface area contributed by atoms with Gasteiger partial charge in [0.1, 0.15) is 5.75 Å². The van der Waals surface area contributed by atoms with Gasteiger partial charge >= 0.3 is 0 Å². The number of nitrogens with zero attached hydrogens (tertiary/aromatic N) is 1. The second kappa shape index (κ2) is 7.59. The van der Waals surface area contributed by atoms with Crippen molar-refractivity contribution in [3.05, 3.63) is 63.9 Å². The second-order valence-electron chi connectivity index (χ2n) is 4.96. The number of amides is 1. The predicted molar refractivity (Wildman–Crippen MR) is 101 cm³/mol. The van der Waals surface area contributed by atoms with E-state index in [0.717, 1.165) is 21.5 Å². The Bertz CT molecular complexity index is 829. The van der Waals surface area contributed by atoms with Crippen molar-refractivity contribution in [2.75, 3.05) is 11.9 Å². The lowest BCUT2D eigenvalue weighted by Gasteiger charge is -2.04. The smallest absolute Gasteiger partial charge is 0.257 e.